The number of nitrogens with two attached hydrogens (primary N) is 1. The Labute approximate surface area is 180 Å². The van der Waals surface area contributed by atoms with Gasteiger partial charge in [-0.3, -0.25) is 9.59 Å². The van der Waals surface area contributed by atoms with E-state index in [0.29, 0.717) is 28.8 Å². The highest BCUT2D eigenvalue weighted by atomic mass is 35.5. The third kappa shape index (κ3) is 7.03. The van der Waals surface area contributed by atoms with Crippen LogP contribution in [-0.4, -0.2) is 22.2 Å². The molecule has 0 aromatic heterocycles. The minimum atomic E-state index is -0.870. The van der Waals surface area contributed by atoms with Crippen molar-refractivity contribution in [3.05, 3.63) is 69.2 Å². The predicted octanol–water partition coefficient (Wildman–Crippen LogP) is 5.63. The monoisotopic (exact) mass is 437 g/mol. The highest BCUT2D eigenvalue weighted by Gasteiger charge is 2.26. The van der Waals surface area contributed by atoms with Crippen molar-refractivity contribution in [1.82, 2.24) is 0 Å². The van der Waals surface area contributed by atoms with Gasteiger partial charge in [0.25, 0.3) is 0 Å². The Bertz CT molecular complexity index is 840. The molecular weight excluding hydrogens is 413 g/mol. The lowest BCUT2D eigenvalue weighted by Gasteiger charge is -2.30. The highest BCUT2D eigenvalue weighted by Crippen LogP contribution is 2.41. The van der Waals surface area contributed by atoms with Gasteiger partial charge >= 0.3 is 11.9 Å². The van der Waals surface area contributed by atoms with Crippen molar-refractivity contribution in [3.63, 3.8) is 0 Å². The molecule has 0 amide bonds. The fourth-order valence-electron chi connectivity index (χ4n) is 3.45. The summed E-state index contributed by atoms with van der Waals surface area (Å²) < 4.78 is 0. The number of carboxylic acids is 2. The van der Waals surface area contributed by atoms with E-state index >= 15 is 0 Å². The van der Waals surface area contributed by atoms with Crippen molar-refractivity contribution in [3.8, 4) is 0 Å². The first kappa shape index (κ1) is 23.2. The van der Waals surface area contributed by atoms with Crippen molar-refractivity contribution >= 4 is 35.1 Å². The van der Waals surface area contributed by atoms with Crippen LogP contribution in [0.3, 0.4) is 0 Å². The van der Waals surface area contributed by atoms with Crippen LogP contribution in [0.1, 0.15) is 67.2 Å². The standard InChI is InChI=1S/C16H15Cl2N.C6H10O4/c17-14-7-5-10(9-15(14)18)11-6-8-16(19)13-4-2-1-3-12(11)13;7-5(8)3-1-2-4-6(9)10/h1-5,7,9,11,16H,6,8,19H2;1-4H2,(H,7,8)(H,9,10)/t11-,16-;/m0./s1. The molecule has 0 heterocycles. The van der Waals surface area contributed by atoms with Crippen LogP contribution >= 0.6 is 23.2 Å². The van der Waals surface area contributed by atoms with Gasteiger partial charge in [-0.15, -0.1) is 0 Å². The molecule has 0 saturated carbocycles. The lowest BCUT2D eigenvalue weighted by molar-refractivity contribution is -0.139. The van der Waals surface area contributed by atoms with Crippen LogP contribution in [0, 0.1) is 0 Å². The molecule has 0 aliphatic heterocycles. The fourth-order valence-corrected chi connectivity index (χ4v) is 3.76. The number of rotatable bonds is 6. The summed E-state index contributed by atoms with van der Waals surface area (Å²) in [6.07, 6.45) is 3.07. The minimum Gasteiger partial charge on any atom is -0.481 e. The number of benzene rings is 2. The Morgan fingerprint density at radius 3 is 2.03 bits per heavy atom. The second-order valence-corrected chi connectivity index (χ2v) is 7.85. The number of hydrogen-bond acceptors (Lipinski definition) is 3. The van der Waals surface area contributed by atoms with Crippen LogP contribution in [0.2, 0.25) is 10.0 Å². The second-order valence-electron chi connectivity index (χ2n) is 7.03. The van der Waals surface area contributed by atoms with Crippen LogP contribution in [-0.2, 0) is 9.59 Å². The molecule has 0 bridgehead atoms. The third-order valence-electron chi connectivity index (χ3n) is 4.91. The van der Waals surface area contributed by atoms with E-state index in [1.165, 1.54) is 16.7 Å². The van der Waals surface area contributed by atoms with Crippen LogP contribution < -0.4 is 5.73 Å². The Balaban J connectivity index is 0.000000257. The molecule has 2 atom stereocenters. The van der Waals surface area contributed by atoms with Crippen LogP contribution in [0.25, 0.3) is 0 Å². The summed E-state index contributed by atoms with van der Waals surface area (Å²) in [5, 5.41) is 17.5. The van der Waals surface area contributed by atoms with Gasteiger partial charge in [0.2, 0.25) is 0 Å². The molecule has 156 valence electrons. The largest absolute Gasteiger partial charge is 0.481 e. The zero-order chi connectivity index (χ0) is 21.4. The maximum absolute atomic E-state index is 9.90. The molecule has 1 aliphatic carbocycles. The van der Waals surface area contributed by atoms with E-state index in [9.17, 15) is 9.59 Å². The summed E-state index contributed by atoms with van der Waals surface area (Å²) in [5.74, 6) is -1.37. The van der Waals surface area contributed by atoms with Crippen molar-refractivity contribution in [2.45, 2.75) is 50.5 Å². The molecule has 29 heavy (non-hydrogen) atoms. The van der Waals surface area contributed by atoms with Crippen molar-refractivity contribution in [2.75, 3.05) is 0 Å². The van der Waals surface area contributed by atoms with Gasteiger partial charge in [0.15, 0.2) is 0 Å². The summed E-state index contributed by atoms with van der Waals surface area (Å²) in [6, 6.07) is 14.5. The van der Waals surface area contributed by atoms with Gasteiger partial charge in [-0.05, 0) is 54.5 Å². The summed E-state index contributed by atoms with van der Waals surface area (Å²) in [4.78, 5) is 19.8. The molecule has 0 fully saturated rings. The Morgan fingerprint density at radius 2 is 1.48 bits per heavy atom. The minimum absolute atomic E-state index is 0.0628. The van der Waals surface area contributed by atoms with E-state index in [-0.39, 0.29) is 18.9 Å². The first-order valence-corrected chi connectivity index (χ1v) is 10.3. The number of hydrogen-bond donors (Lipinski definition) is 3. The zero-order valence-corrected chi connectivity index (χ0v) is 17.5. The smallest absolute Gasteiger partial charge is 0.303 e. The normalized spacial score (nSPS) is 17.6. The number of halogens is 2. The Kier molecular flexibility index (Phi) is 8.96. The molecule has 0 spiro atoms. The number of unbranched alkanes of at least 4 members (excludes halogenated alkanes) is 1. The Hall–Kier alpha value is -2.08. The second kappa shape index (κ2) is 11.2. The lowest BCUT2D eigenvalue weighted by Crippen LogP contribution is -2.20. The Morgan fingerprint density at radius 1 is 0.897 bits per heavy atom. The summed E-state index contributed by atoms with van der Waals surface area (Å²) in [7, 11) is 0. The van der Waals surface area contributed by atoms with E-state index in [1.807, 2.05) is 12.1 Å². The highest BCUT2D eigenvalue weighted by molar-refractivity contribution is 6.42. The summed E-state index contributed by atoms with van der Waals surface area (Å²) in [5.41, 5.74) is 9.98. The van der Waals surface area contributed by atoms with E-state index in [4.69, 9.17) is 39.1 Å². The summed E-state index contributed by atoms with van der Waals surface area (Å²) >= 11 is 12.1. The molecular formula is C22H25Cl2NO4. The van der Waals surface area contributed by atoms with Crippen molar-refractivity contribution in [1.29, 1.82) is 0 Å². The maximum Gasteiger partial charge on any atom is 0.303 e. The molecule has 1 aliphatic rings. The molecule has 0 saturated heterocycles. The van der Waals surface area contributed by atoms with Crippen LogP contribution in [0.4, 0.5) is 0 Å². The van der Waals surface area contributed by atoms with E-state index in [0.717, 1.165) is 12.8 Å². The van der Waals surface area contributed by atoms with Gasteiger partial charge in [-0.2, -0.15) is 0 Å². The molecule has 7 heteroatoms. The number of carbonyl (C=O) groups is 2. The zero-order valence-electron chi connectivity index (χ0n) is 16.0. The molecule has 4 N–H and O–H groups in total. The lowest BCUT2D eigenvalue weighted by atomic mass is 9.77. The molecule has 3 rings (SSSR count). The predicted molar refractivity (Wildman–Crippen MR) is 115 cm³/mol. The molecule has 2 aromatic carbocycles. The average molecular weight is 438 g/mol. The van der Waals surface area contributed by atoms with Gasteiger partial charge in [-0.25, -0.2) is 0 Å². The molecule has 5 nitrogen and oxygen atoms in total. The number of carboxylic acid groups (broad SMARTS) is 2. The SMILES string of the molecule is N[C@H]1CC[C@@H](c2ccc(Cl)c(Cl)c2)c2ccccc21.O=C(O)CCCCC(=O)O. The average Bonchev–Trinajstić information content (AvgIpc) is 2.68. The third-order valence-corrected chi connectivity index (χ3v) is 5.65. The molecule has 0 unspecified atom stereocenters. The number of aliphatic carboxylic acids is 2. The first-order valence-electron chi connectivity index (χ1n) is 9.52. The van der Waals surface area contributed by atoms with E-state index in [1.54, 1.807) is 0 Å². The molecule has 0 radical (unpaired) electrons. The topological polar surface area (TPSA) is 101 Å². The van der Waals surface area contributed by atoms with Gasteiger partial charge in [0.05, 0.1) is 10.0 Å². The quantitative estimate of drug-likeness (QED) is 0.507. The van der Waals surface area contributed by atoms with Gasteiger partial charge < -0.3 is 15.9 Å². The van der Waals surface area contributed by atoms with Gasteiger partial charge in [-0.1, -0.05) is 53.5 Å². The first-order chi connectivity index (χ1) is 13.8. The van der Waals surface area contributed by atoms with Crippen LogP contribution in [0.15, 0.2) is 42.5 Å². The molecule has 2 aromatic rings. The van der Waals surface area contributed by atoms with Crippen molar-refractivity contribution < 1.29 is 19.8 Å². The van der Waals surface area contributed by atoms with Crippen molar-refractivity contribution in [2.24, 2.45) is 5.73 Å². The maximum atomic E-state index is 9.90. The van der Waals surface area contributed by atoms with Crippen LogP contribution in [0.5, 0.6) is 0 Å². The van der Waals surface area contributed by atoms with E-state index < -0.39 is 11.9 Å². The number of fused-ring (bicyclic) bond motifs is 1. The van der Waals surface area contributed by atoms with Gasteiger partial charge in [0, 0.05) is 24.8 Å². The van der Waals surface area contributed by atoms with E-state index in [2.05, 4.69) is 30.3 Å². The van der Waals surface area contributed by atoms with Gasteiger partial charge in [0.1, 0.15) is 0 Å². The summed E-state index contributed by atoms with van der Waals surface area (Å²) in [6.45, 7) is 0. The fraction of sp³-hybridized carbons (Fsp3) is 0.364.